The molecule has 0 fully saturated rings. The minimum absolute atomic E-state index is 0.0442. The summed E-state index contributed by atoms with van der Waals surface area (Å²) in [4.78, 5) is 3.18. The van der Waals surface area contributed by atoms with E-state index in [0.717, 1.165) is 27.7 Å². The Kier molecular flexibility index (Phi) is 6.25. The second kappa shape index (κ2) is 7.95. The molecular weight excluding hydrogens is 401 g/mol. The number of benzene rings is 1. The number of H-pyrrole nitrogens is 1. The van der Waals surface area contributed by atoms with Gasteiger partial charge in [0.15, 0.2) is 0 Å². The Balaban J connectivity index is 1.91. The van der Waals surface area contributed by atoms with Crippen LogP contribution < -0.4 is 21.6 Å². The van der Waals surface area contributed by atoms with E-state index in [2.05, 4.69) is 4.98 Å². The molecule has 0 atom stereocenters. The van der Waals surface area contributed by atoms with Crippen LogP contribution in [0, 0.1) is 0 Å². The number of aromatic nitrogens is 1. The van der Waals surface area contributed by atoms with Gasteiger partial charge in [0, 0.05) is 0 Å². The molecule has 0 radical (unpaired) electrons. The second-order valence-corrected chi connectivity index (χ2v) is 9.09. The molecule has 116 valence electrons. The number of rotatable bonds is 8. The number of halogens is 1. The number of aromatic amines is 1. The average Bonchev–Trinajstić information content (AvgIpc) is 2.95. The summed E-state index contributed by atoms with van der Waals surface area (Å²) in [6.45, 7) is 2.03. The van der Waals surface area contributed by atoms with Gasteiger partial charge in [0.2, 0.25) is 0 Å². The molecule has 0 aliphatic carbocycles. The Morgan fingerprint density at radius 1 is 1.24 bits per heavy atom. The average molecular weight is 420 g/mol. The summed E-state index contributed by atoms with van der Waals surface area (Å²) in [5.41, 5.74) is 3.08. The molecule has 2 rings (SSSR count). The van der Waals surface area contributed by atoms with E-state index in [1.54, 1.807) is 0 Å². The maximum atomic E-state index is 11.8. The molecule has 0 saturated carbocycles. The third kappa shape index (κ3) is 5.44. The number of hydrogen-bond donors (Lipinski definition) is 1. The Labute approximate surface area is 136 Å². The van der Waals surface area contributed by atoms with Crippen LogP contribution in [0.4, 0.5) is 0 Å². The van der Waals surface area contributed by atoms with Crippen molar-refractivity contribution in [1.29, 1.82) is 0 Å². The summed E-state index contributed by atoms with van der Waals surface area (Å²) >= 11 is -0.675. The molecule has 6 heteroatoms. The second-order valence-electron chi connectivity index (χ2n) is 4.66. The Morgan fingerprint density at radius 3 is 2.71 bits per heavy atom. The van der Waals surface area contributed by atoms with Crippen molar-refractivity contribution in [3.8, 4) is 11.3 Å². The molecule has 0 aliphatic rings. The molecule has 0 bridgehead atoms. The van der Waals surface area contributed by atoms with Gasteiger partial charge >= 0.3 is 137 Å². The minimum atomic E-state index is -3.37. The van der Waals surface area contributed by atoms with E-state index in [0.29, 0.717) is 6.42 Å². The van der Waals surface area contributed by atoms with E-state index in [1.165, 1.54) is 0 Å². The first-order valence-corrected chi connectivity index (χ1v) is 10.8. The summed E-state index contributed by atoms with van der Waals surface area (Å²) in [5.74, 6) is 0.0442. The quantitative estimate of drug-likeness (QED) is 0.371. The van der Waals surface area contributed by atoms with Crippen molar-refractivity contribution in [3.63, 3.8) is 0 Å². The third-order valence-corrected chi connectivity index (χ3v) is 7.79. The molecule has 0 amide bonds. The number of alkyl halides is 1. The summed E-state index contributed by atoms with van der Waals surface area (Å²) in [7, 11) is -3.37. The van der Waals surface area contributed by atoms with Gasteiger partial charge in [-0.05, 0) is 0 Å². The first-order chi connectivity index (χ1) is 10.1. The van der Waals surface area contributed by atoms with Crippen molar-refractivity contribution in [2.24, 2.45) is 0 Å². The standard InChI is InChI=1S/C15H19INO3S/c1-2-9-16-20-21(18,19)10-8-13-11-15(17-12-13)14-6-4-3-5-7-14/h3-7,11-12,17H,2,8-10H2,1H3/q-1. The fourth-order valence-corrected chi connectivity index (χ4v) is 5.25. The molecular formula is C15H19INO3S-. The van der Waals surface area contributed by atoms with Gasteiger partial charge in [0.05, 0.1) is 0 Å². The van der Waals surface area contributed by atoms with Crippen molar-refractivity contribution in [3.05, 3.63) is 48.2 Å². The van der Waals surface area contributed by atoms with Crippen LogP contribution in [0.1, 0.15) is 18.9 Å². The van der Waals surface area contributed by atoms with E-state index < -0.39 is 31.7 Å². The molecule has 1 aromatic carbocycles. The fourth-order valence-electron chi connectivity index (χ4n) is 1.82. The van der Waals surface area contributed by atoms with Crippen molar-refractivity contribution in [2.45, 2.75) is 19.8 Å². The predicted molar refractivity (Wildman–Crippen MR) is 80.0 cm³/mol. The Bertz CT molecular complexity index is 653. The van der Waals surface area contributed by atoms with Gasteiger partial charge in [-0.25, -0.2) is 0 Å². The monoisotopic (exact) mass is 420 g/mol. The van der Waals surface area contributed by atoms with Crippen LogP contribution in [0.25, 0.3) is 11.3 Å². The van der Waals surface area contributed by atoms with E-state index in [1.807, 2.05) is 49.5 Å². The molecule has 21 heavy (non-hydrogen) atoms. The molecule has 0 spiro atoms. The van der Waals surface area contributed by atoms with Crippen molar-refractivity contribution < 1.29 is 32.6 Å². The van der Waals surface area contributed by atoms with Crippen LogP contribution in [0.15, 0.2) is 42.6 Å². The Morgan fingerprint density at radius 2 is 2.00 bits per heavy atom. The number of nitrogens with one attached hydrogen (secondary N) is 1. The van der Waals surface area contributed by atoms with Crippen LogP contribution in [-0.2, 0) is 19.1 Å². The molecule has 2 aromatic rings. The third-order valence-electron chi connectivity index (χ3n) is 2.87. The van der Waals surface area contributed by atoms with Gasteiger partial charge < -0.3 is 0 Å². The van der Waals surface area contributed by atoms with E-state index in [4.69, 9.17) is 2.51 Å². The molecule has 0 unspecified atom stereocenters. The summed E-state index contributed by atoms with van der Waals surface area (Å²) in [6.07, 6.45) is 3.31. The van der Waals surface area contributed by atoms with E-state index in [9.17, 15) is 8.42 Å². The zero-order valence-corrected chi connectivity index (χ0v) is 14.9. The van der Waals surface area contributed by atoms with Gasteiger partial charge in [-0.15, -0.1) is 0 Å². The van der Waals surface area contributed by atoms with Gasteiger partial charge in [-0.2, -0.15) is 0 Å². The van der Waals surface area contributed by atoms with Gasteiger partial charge in [0.1, 0.15) is 0 Å². The number of aryl methyl sites for hydroxylation is 1. The maximum absolute atomic E-state index is 11.8. The van der Waals surface area contributed by atoms with Gasteiger partial charge in [-0.3, -0.25) is 0 Å². The van der Waals surface area contributed by atoms with Gasteiger partial charge in [-0.1, -0.05) is 0 Å². The van der Waals surface area contributed by atoms with Crippen LogP contribution in [0.5, 0.6) is 0 Å². The summed E-state index contributed by atoms with van der Waals surface area (Å²) < 4.78 is 29.4. The van der Waals surface area contributed by atoms with Crippen molar-refractivity contribution in [2.75, 3.05) is 10.2 Å². The van der Waals surface area contributed by atoms with Gasteiger partial charge in [0.25, 0.3) is 0 Å². The van der Waals surface area contributed by atoms with Crippen molar-refractivity contribution >= 4 is 10.1 Å². The van der Waals surface area contributed by atoms with Crippen LogP contribution in [0.3, 0.4) is 0 Å². The van der Waals surface area contributed by atoms with Crippen LogP contribution in [-0.4, -0.2) is 23.6 Å². The van der Waals surface area contributed by atoms with Crippen LogP contribution >= 0.6 is 0 Å². The van der Waals surface area contributed by atoms with Crippen LogP contribution in [0.2, 0.25) is 0 Å². The Hall–Kier alpha value is -0.860. The van der Waals surface area contributed by atoms with E-state index in [-0.39, 0.29) is 5.75 Å². The normalized spacial score (nSPS) is 11.9. The predicted octanol–water partition coefficient (Wildman–Crippen LogP) is -0.0154. The topological polar surface area (TPSA) is 59.2 Å². The molecule has 4 nitrogen and oxygen atoms in total. The zero-order chi connectivity index (χ0) is 15.1. The zero-order valence-electron chi connectivity index (χ0n) is 11.9. The SMILES string of the molecule is CCC[I-]OS(=O)(=O)CCc1c[nH]c(-c2ccccc2)c1. The first kappa shape index (κ1) is 16.5. The fraction of sp³-hybridized carbons (Fsp3) is 0.333. The van der Waals surface area contributed by atoms with E-state index >= 15 is 0 Å². The molecule has 1 N–H and O–H groups in total. The number of hydrogen-bond acceptors (Lipinski definition) is 3. The van der Waals surface area contributed by atoms with Crippen molar-refractivity contribution in [1.82, 2.24) is 4.98 Å². The summed E-state index contributed by atoms with van der Waals surface area (Å²) in [6, 6.07) is 12.0. The summed E-state index contributed by atoms with van der Waals surface area (Å²) in [5, 5.41) is 0. The molecule has 0 aliphatic heterocycles. The first-order valence-electron chi connectivity index (χ1n) is 6.84. The molecule has 0 saturated heterocycles. The molecule has 1 heterocycles. The molecule has 1 aromatic heterocycles.